The number of esters is 1. The molecule has 1 saturated heterocycles. The molecule has 0 saturated carbocycles. The van der Waals surface area contributed by atoms with Gasteiger partial charge in [0.1, 0.15) is 11.6 Å². The highest BCUT2D eigenvalue weighted by Gasteiger charge is 2.32. The minimum atomic E-state index is -4.48. The van der Waals surface area contributed by atoms with Crippen molar-refractivity contribution in [3.8, 4) is 5.75 Å². The Hall–Kier alpha value is -3.43. The van der Waals surface area contributed by atoms with Crippen molar-refractivity contribution in [3.05, 3.63) is 65.0 Å². The van der Waals surface area contributed by atoms with Gasteiger partial charge in [0.2, 0.25) is 5.78 Å². The maximum atomic E-state index is 13.4. The van der Waals surface area contributed by atoms with E-state index in [1.54, 1.807) is 0 Å². The van der Waals surface area contributed by atoms with E-state index < -0.39 is 47.7 Å². The number of ether oxygens (including phenoxy) is 2. The molecule has 0 N–H and O–H groups in total. The van der Waals surface area contributed by atoms with Gasteiger partial charge in [0, 0.05) is 18.7 Å². The number of alkyl halides is 3. The van der Waals surface area contributed by atoms with Gasteiger partial charge in [-0.2, -0.15) is 13.2 Å². The molecule has 0 aliphatic carbocycles. The summed E-state index contributed by atoms with van der Waals surface area (Å²) >= 11 is 0. The molecule has 3 rings (SSSR count). The van der Waals surface area contributed by atoms with Gasteiger partial charge in [-0.25, -0.2) is 4.39 Å². The van der Waals surface area contributed by atoms with Crippen LogP contribution >= 0.6 is 0 Å². The van der Waals surface area contributed by atoms with Crippen LogP contribution in [0.3, 0.4) is 0 Å². The number of halogens is 4. The van der Waals surface area contributed by atoms with Crippen molar-refractivity contribution in [2.24, 2.45) is 5.92 Å². The number of piperidine rings is 1. The Kier molecular flexibility index (Phi) is 7.35. The van der Waals surface area contributed by atoms with Crippen LogP contribution in [-0.2, 0) is 15.7 Å². The lowest BCUT2D eigenvalue weighted by Gasteiger charge is -2.31. The lowest BCUT2D eigenvalue weighted by Crippen LogP contribution is -2.40. The minimum Gasteiger partial charge on any atom is -0.496 e. The second-order valence-corrected chi connectivity index (χ2v) is 7.52. The third kappa shape index (κ3) is 5.88. The third-order valence-electron chi connectivity index (χ3n) is 5.38. The van der Waals surface area contributed by atoms with E-state index in [1.807, 2.05) is 0 Å². The first-order valence-electron chi connectivity index (χ1n) is 10.1. The van der Waals surface area contributed by atoms with Gasteiger partial charge in [-0.15, -0.1) is 0 Å². The number of hydrogen-bond donors (Lipinski definition) is 0. The van der Waals surface area contributed by atoms with Crippen LogP contribution in [-0.4, -0.2) is 49.4 Å². The van der Waals surface area contributed by atoms with E-state index in [9.17, 15) is 31.9 Å². The highest BCUT2D eigenvalue weighted by atomic mass is 19.4. The van der Waals surface area contributed by atoms with Gasteiger partial charge in [-0.3, -0.25) is 14.4 Å². The zero-order valence-electron chi connectivity index (χ0n) is 17.7. The number of ketones is 1. The van der Waals surface area contributed by atoms with Crippen molar-refractivity contribution in [3.63, 3.8) is 0 Å². The average Bonchev–Trinajstić information content (AvgIpc) is 2.81. The fourth-order valence-corrected chi connectivity index (χ4v) is 3.53. The molecule has 0 atom stereocenters. The monoisotopic (exact) mass is 467 g/mol. The van der Waals surface area contributed by atoms with E-state index in [-0.39, 0.29) is 42.8 Å². The molecule has 0 aromatic heterocycles. The number of Topliss-reactive ketones (excluding diaryl/α,β-unsaturated/α-hetero) is 1. The van der Waals surface area contributed by atoms with Crippen molar-refractivity contribution in [2.75, 3.05) is 26.8 Å². The highest BCUT2D eigenvalue weighted by Crippen LogP contribution is 2.29. The predicted octanol–water partition coefficient (Wildman–Crippen LogP) is 4.13. The third-order valence-corrected chi connectivity index (χ3v) is 5.38. The first-order valence-corrected chi connectivity index (χ1v) is 10.1. The molecule has 1 aliphatic rings. The summed E-state index contributed by atoms with van der Waals surface area (Å²) in [7, 11) is 1.33. The number of methoxy groups -OCH3 is 1. The Morgan fingerprint density at radius 3 is 2.24 bits per heavy atom. The normalized spacial score (nSPS) is 14.6. The number of nitrogens with zero attached hydrogens (tertiary/aromatic N) is 1. The lowest BCUT2D eigenvalue weighted by molar-refractivity contribution is -0.148. The van der Waals surface area contributed by atoms with Crippen LogP contribution in [0.2, 0.25) is 0 Å². The lowest BCUT2D eigenvalue weighted by atomic mass is 9.96. The summed E-state index contributed by atoms with van der Waals surface area (Å²) in [6.45, 7) is -0.153. The minimum absolute atomic E-state index is 0.0396. The summed E-state index contributed by atoms with van der Waals surface area (Å²) in [6, 6.07) is 7.38. The molecule has 1 heterocycles. The van der Waals surface area contributed by atoms with E-state index >= 15 is 0 Å². The summed E-state index contributed by atoms with van der Waals surface area (Å²) in [6.07, 6.45) is -3.92. The van der Waals surface area contributed by atoms with Crippen molar-refractivity contribution in [1.82, 2.24) is 4.90 Å². The molecule has 1 aliphatic heterocycles. The first-order chi connectivity index (χ1) is 15.6. The largest absolute Gasteiger partial charge is 0.496 e. The van der Waals surface area contributed by atoms with Gasteiger partial charge < -0.3 is 14.4 Å². The van der Waals surface area contributed by atoms with Crippen molar-refractivity contribution in [2.45, 2.75) is 19.0 Å². The zero-order chi connectivity index (χ0) is 24.2. The van der Waals surface area contributed by atoms with Crippen LogP contribution in [0.15, 0.2) is 42.5 Å². The molecule has 6 nitrogen and oxygen atoms in total. The molecular weight excluding hydrogens is 446 g/mol. The molecule has 10 heteroatoms. The van der Waals surface area contributed by atoms with Crippen LogP contribution in [0.4, 0.5) is 17.6 Å². The number of hydrogen-bond acceptors (Lipinski definition) is 5. The predicted molar refractivity (Wildman–Crippen MR) is 108 cm³/mol. The van der Waals surface area contributed by atoms with Crippen LogP contribution in [0.1, 0.15) is 39.1 Å². The van der Waals surface area contributed by atoms with E-state index in [4.69, 9.17) is 9.47 Å². The van der Waals surface area contributed by atoms with E-state index in [1.165, 1.54) is 18.1 Å². The molecule has 176 valence electrons. The summed E-state index contributed by atoms with van der Waals surface area (Å²) in [5.41, 5.74) is -0.758. The fraction of sp³-hybridized carbons (Fsp3) is 0.348. The van der Waals surface area contributed by atoms with Gasteiger partial charge in [0.05, 0.1) is 24.2 Å². The molecule has 0 bridgehead atoms. The number of benzene rings is 2. The van der Waals surface area contributed by atoms with Crippen LogP contribution < -0.4 is 4.74 Å². The van der Waals surface area contributed by atoms with Gasteiger partial charge >= 0.3 is 12.1 Å². The number of carbonyl (C=O) groups is 3. The molecule has 33 heavy (non-hydrogen) atoms. The van der Waals surface area contributed by atoms with E-state index in [0.29, 0.717) is 0 Å². The molecule has 2 aromatic carbocycles. The quantitative estimate of drug-likeness (QED) is 0.363. The maximum Gasteiger partial charge on any atom is 0.416 e. The van der Waals surface area contributed by atoms with Crippen molar-refractivity contribution < 1.29 is 41.4 Å². The summed E-state index contributed by atoms with van der Waals surface area (Å²) in [5, 5.41) is 0. The smallest absolute Gasteiger partial charge is 0.416 e. The van der Waals surface area contributed by atoms with E-state index in [0.717, 1.165) is 36.4 Å². The van der Waals surface area contributed by atoms with Crippen LogP contribution in [0, 0.1) is 11.7 Å². The molecule has 2 aromatic rings. The summed E-state index contributed by atoms with van der Waals surface area (Å²) < 4.78 is 61.6. The summed E-state index contributed by atoms with van der Waals surface area (Å²) in [5.74, 6) is -2.66. The average molecular weight is 467 g/mol. The number of carbonyl (C=O) groups excluding carboxylic acids is 3. The Morgan fingerprint density at radius 1 is 1.03 bits per heavy atom. The standard InChI is InChI=1S/C23H21F4NO5/c1-32-20-7-6-17(24)12-18(20)19(29)13-33-22(31)15-8-10-28(11-9-15)21(30)14-2-4-16(5-3-14)23(25,26)27/h2-7,12,15H,8-11,13H2,1H3. The molecule has 0 radical (unpaired) electrons. The second kappa shape index (κ2) is 10.0. The van der Waals surface area contributed by atoms with Crippen LogP contribution in [0.5, 0.6) is 5.75 Å². The fourth-order valence-electron chi connectivity index (χ4n) is 3.53. The molecule has 1 fully saturated rings. The number of likely N-dealkylation sites (tertiary alicyclic amines) is 1. The SMILES string of the molecule is COc1ccc(F)cc1C(=O)COC(=O)C1CCN(C(=O)c2ccc(C(F)(F)F)cc2)CC1. The summed E-state index contributed by atoms with van der Waals surface area (Å²) in [4.78, 5) is 38.6. The van der Waals surface area contributed by atoms with Gasteiger partial charge in [0.25, 0.3) is 5.91 Å². The van der Waals surface area contributed by atoms with Gasteiger partial charge in [-0.05, 0) is 55.3 Å². The Bertz CT molecular complexity index is 1030. The van der Waals surface area contributed by atoms with Crippen molar-refractivity contribution >= 4 is 17.7 Å². The zero-order valence-corrected chi connectivity index (χ0v) is 17.7. The van der Waals surface area contributed by atoms with Gasteiger partial charge in [0.15, 0.2) is 6.61 Å². The Balaban J connectivity index is 1.51. The first kappa shape index (κ1) is 24.2. The Morgan fingerprint density at radius 2 is 1.67 bits per heavy atom. The van der Waals surface area contributed by atoms with Gasteiger partial charge in [-0.1, -0.05) is 0 Å². The molecule has 0 unspecified atom stereocenters. The number of amides is 1. The molecule has 0 spiro atoms. The Labute approximate surface area is 187 Å². The van der Waals surface area contributed by atoms with E-state index in [2.05, 4.69) is 0 Å². The number of rotatable bonds is 6. The molecule has 1 amide bonds. The molecular formula is C23H21F4NO5. The highest BCUT2D eigenvalue weighted by molar-refractivity contribution is 6.00. The van der Waals surface area contributed by atoms with Crippen molar-refractivity contribution in [1.29, 1.82) is 0 Å². The topological polar surface area (TPSA) is 72.9 Å². The second-order valence-electron chi connectivity index (χ2n) is 7.52. The van der Waals surface area contributed by atoms with Crippen LogP contribution in [0.25, 0.3) is 0 Å². The maximum absolute atomic E-state index is 13.4.